The molecule has 5 heterocycles. The summed E-state index contributed by atoms with van der Waals surface area (Å²) in [5, 5.41) is 19.8. The van der Waals surface area contributed by atoms with Crippen LogP contribution >= 0.6 is 11.3 Å². The van der Waals surface area contributed by atoms with Crippen molar-refractivity contribution in [2.24, 2.45) is 0 Å². The molecule has 27 aromatic rings. The Hall–Kier alpha value is -18.2. The van der Waals surface area contributed by atoms with E-state index in [1.54, 1.807) is 0 Å². The van der Waals surface area contributed by atoms with E-state index in [-0.39, 0.29) is 5.41 Å². The number of fused-ring (bicyclic) bond motifs is 18. The topological polar surface area (TPSA) is 88.8 Å². The number of rotatable bonds is 13. The maximum Gasteiger partial charge on any atom is 0.235 e. The molecule has 0 atom stereocenters. The molecule has 0 saturated heterocycles. The van der Waals surface area contributed by atoms with Crippen LogP contribution in [0.4, 0.5) is 34.6 Å². The highest BCUT2D eigenvalue weighted by atomic mass is 32.1. The van der Waals surface area contributed by atoms with Gasteiger partial charge in [0.05, 0.1) is 72.1 Å². The van der Waals surface area contributed by atoms with Gasteiger partial charge in [-0.05, 0) is 172 Å². The summed E-state index contributed by atoms with van der Waals surface area (Å²) in [5.41, 5.74) is 27.1. The molecule has 1 aliphatic carbocycles. The lowest BCUT2D eigenvalue weighted by atomic mass is 9.78. The average molecular weight is 1820 g/mol. The van der Waals surface area contributed by atoms with Gasteiger partial charge >= 0.3 is 0 Å². The monoisotopic (exact) mass is 1820 g/mol. The first-order valence-corrected chi connectivity index (χ1v) is 48.8. The fourth-order valence-corrected chi connectivity index (χ4v) is 22.7. The normalized spacial score (nSPS) is 12.1. The Morgan fingerprint density at radius 3 is 1.41 bits per heavy atom. The van der Waals surface area contributed by atoms with Crippen molar-refractivity contribution >= 4 is 175 Å². The third-order valence-corrected chi connectivity index (χ3v) is 29.3. The fourth-order valence-electron chi connectivity index (χ4n) is 21.5. The molecule has 662 valence electrons. The number of hydrogen-bond acceptors (Lipinski definition) is 9. The maximum atomic E-state index is 5.52. The van der Waals surface area contributed by atoms with E-state index in [1.165, 1.54) is 113 Å². The van der Waals surface area contributed by atoms with Gasteiger partial charge in [-0.2, -0.15) is 0 Å². The van der Waals surface area contributed by atoms with Crippen LogP contribution < -0.4 is 9.80 Å². The zero-order chi connectivity index (χ0) is 93.6. The van der Waals surface area contributed by atoms with Crippen LogP contribution in [-0.2, 0) is 5.41 Å². The SMILES string of the molecule is CC1(C)c2ccccc2-c2ccc(N(c3nc(-c4ccccc4)c4ccccc4n3)c3cccc4c3sc3ccccc34)c(-c3ccccc3)c21.c1ccc(-c2cc3c(ccc4ccccc43)cc2N(c2nc(-c3ccc4ccccc4c3)c3ccccc3n2)c2cccc3ccccc23)cc1.c1ccc(-c2ccc3c(c2)c2ccccc2n3-c2nc(-c3cccc4ccccc34)c3ccccc3n2)cc1. The molecular weight excluding hydrogens is 1730 g/mol. The molecule has 0 aliphatic heterocycles. The van der Waals surface area contributed by atoms with E-state index in [2.05, 4.69) is 514 Å². The lowest BCUT2D eigenvalue weighted by molar-refractivity contribution is 0.662. The minimum Gasteiger partial charge on any atom is -0.278 e. The zero-order valence-electron chi connectivity index (χ0n) is 77.2. The second-order valence-corrected chi connectivity index (χ2v) is 37.7. The maximum absolute atomic E-state index is 5.52. The predicted molar refractivity (Wildman–Crippen MR) is 593 cm³/mol. The Kier molecular flexibility index (Phi) is 20.6. The van der Waals surface area contributed by atoms with Crippen LogP contribution in [-0.4, -0.2) is 34.5 Å². The fraction of sp³-hybridized carbons (Fsp3) is 0.0229. The van der Waals surface area contributed by atoms with E-state index in [1.807, 2.05) is 17.4 Å². The van der Waals surface area contributed by atoms with Crippen LogP contribution in [0.3, 0.4) is 0 Å². The van der Waals surface area contributed by atoms with Gasteiger partial charge < -0.3 is 0 Å². The van der Waals surface area contributed by atoms with Crippen LogP contribution in [0.25, 0.3) is 213 Å². The number of aromatic nitrogens is 7. The van der Waals surface area contributed by atoms with E-state index in [0.717, 1.165) is 128 Å². The van der Waals surface area contributed by atoms with Crippen LogP contribution in [0, 0.1) is 0 Å². The lowest BCUT2D eigenvalue weighted by Crippen LogP contribution is -2.20. The molecule has 0 spiro atoms. The number of benzene rings is 22. The van der Waals surface area contributed by atoms with Crippen molar-refractivity contribution in [3.05, 3.63) is 503 Å². The van der Waals surface area contributed by atoms with Gasteiger partial charge in [0.2, 0.25) is 17.8 Å². The summed E-state index contributed by atoms with van der Waals surface area (Å²) < 4.78 is 4.68. The van der Waals surface area contributed by atoms with E-state index in [4.69, 9.17) is 29.9 Å². The Morgan fingerprint density at radius 2 is 0.702 bits per heavy atom. The van der Waals surface area contributed by atoms with Crippen molar-refractivity contribution in [1.82, 2.24) is 34.5 Å². The molecule has 0 fully saturated rings. The molecule has 28 rings (SSSR count). The lowest BCUT2D eigenvalue weighted by Gasteiger charge is -2.31. The smallest absolute Gasteiger partial charge is 0.235 e. The van der Waals surface area contributed by atoms with Crippen molar-refractivity contribution in [1.29, 1.82) is 0 Å². The molecule has 0 unspecified atom stereocenters. The van der Waals surface area contributed by atoms with E-state index < -0.39 is 0 Å². The van der Waals surface area contributed by atoms with Crippen molar-refractivity contribution in [2.45, 2.75) is 19.3 Å². The van der Waals surface area contributed by atoms with Crippen LogP contribution in [0.2, 0.25) is 0 Å². The van der Waals surface area contributed by atoms with Crippen molar-refractivity contribution in [2.75, 3.05) is 9.80 Å². The molecule has 0 amide bonds. The second-order valence-electron chi connectivity index (χ2n) is 36.7. The van der Waals surface area contributed by atoms with Gasteiger partial charge in [-0.25, -0.2) is 29.9 Å². The summed E-state index contributed by atoms with van der Waals surface area (Å²) in [6, 6.07) is 175. The summed E-state index contributed by atoms with van der Waals surface area (Å²) in [4.78, 5) is 36.8. The van der Waals surface area contributed by atoms with E-state index >= 15 is 0 Å². The summed E-state index contributed by atoms with van der Waals surface area (Å²) in [7, 11) is 0. The highest BCUT2D eigenvalue weighted by molar-refractivity contribution is 7.26. The standard InChI is InChI=1S/C48H31N3.C47H33N3S.C36H23N3/c1-2-14-34(15-3-1)43-31-42-37(27-26-35-17-6-8-20-39(35)42)30-46(43)51(45-24-12-19-33-16-7-9-21-40(33)45)48-49-44-23-11-10-22-41(44)47(50-48)38-28-25-32-13-4-5-18-36(32)29-38;1-47(2)37-24-12-9-20-32(37)34-28-29-39(42(43(34)47)30-16-5-3-6-17-30)50(40-26-15-23-35-33-21-11-14-27-41(33)51-45(35)40)46-48-38-25-13-10-22-36(38)44(49-46)31-18-7-4-8-19-31;1-2-11-24(12-3-1)26-21-22-34-31(23-26)28-16-7-9-20-33(28)39(34)36-37-32-19-8-6-17-30(32)35(38-36)29-18-10-14-25-13-4-5-15-27(25)29/h1-31H;3-29H,1-2H3;1-23H. The van der Waals surface area contributed by atoms with Crippen molar-refractivity contribution in [3.8, 4) is 84.2 Å². The minimum atomic E-state index is -0.234. The summed E-state index contributed by atoms with van der Waals surface area (Å²) in [5.74, 6) is 1.93. The summed E-state index contributed by atoms with van der Waals surface area (Å²) >= 11 is 1.83. The van der Waals surface area contributed by atoms with Gasteiger partial charge in [-0.15, -0.1) is 11.3 Å². The van der Waals surface area contributed by atoms with Gasteiger partial charge in [0.1, 0.15) is 0 Å². The Bertz CT molecular complexity index is 9620. The summed E-state index contributed by atoms with van der Waals surface area (Å²) in [6.45, 7) is 4.73. The number of nitrogens with zero attached hydrogens (tertiary/aromatic N) is 9. The number of anilines is 6. The summed E-state index contributed by atoms with van der Waals surface area (Å²) in [6.07, 6.45) is 0. The molecular formula is C131H87N9S. The molecule has 141 heavy (non-hydrogen) atoms. The number of hydrogen-bond donors (Lipinski definition) is 0. The van der Waals surface area contributed by atoms with Gasteiger partial charge in [0.15, 0.2) is 0 Å². The molecule has 10 heteroatoms. The number of thiophene rings is 1. The molecule has 22 aromatic carbocycles. The first-order valence-electron chi connectivity index (χ1n) is 48.0. The van der Waals surface area contributed by atoms with Gasteiger partial charge in [-0.3, -0.25) is 14.4 Å². The van der Waals surface area contributed by atoms with Gasteiger partial charge in [0.25, 0.3) is 0 Å². The Balaban J connectivity index is 0.000000110. The second kappa shape index (κ2) is 34.8. The first kappa shape index (κ1) is 83.4. The Morgan fingerprint density at radius 1 is 0.227 bits per heavy atom. The third kappa shape index (κ3) is 14.6. The van der Waals surface area contributed by atoms with E-state index in [0.29, 0.717) is 17.8 Å². The van der Waals surface area contributed by atoms with E-state index in [9.17, 15) is 0 Å². The first-order chi connectivity index (χ1) is 69.7. The van der Waals surface area contributed by atoms with Crippen LogP contribution in [0.5, 0.6) is 0 Å². The molecule has 5 aromatic heterocycles. The molecule has 0 radical (unpaired) electrons. The third-order valence-electron chi connectivity index (χ3n) is 28.1. The van der Waals surface area contributed by atoms with Crippen LogP contribution in [0.1, 0.15) is 25.0 Å². The molecule has 0 bridgehead atoms. The predicted octanol–water partition coefficient (Wildman–Crippen LogP) is 35.4. The molecule has 1 aliphatic rings. The largest absolute Gasteiger partial charge is 0.278 e. The van der Waals surface area contributed by atoms with Gasteiger partial charge in [0, 0.05) is 81.0 Å². The molecule has 9 nitrogen and oxygen atoms in total. The highest BCUT2D eigenvalue weighted by Gasteiger charge is 2.40. The van der Waals surface area contributed by atoms with Gasteiger partial charge in [-0.1, -0.05) is 426 Å². The Labute approximate surface area is 818 Å². The molecule has 0 N–H and O–H groups in total. The zero-order valence-corrected chi connectivity index (χ0v) is 78.0. The van der Waals surface area contributed by atoms with Crippen LogP contribution in [0.15, 0.2) is 491 Å². The minimum absolute atomic E-state index is 0.234. The average Bonchev–Trinajstić information content (AvgIpc) is 1.55. The quantitative estimate of drug-likeness (QED) is 0.106. The molecule has 0 saturated carbocycles. The van der Waals surface area contributed by atoms with Crippen molar-refractivity contribution in [3.63, 3.8) is 0 Å². The van der Waals surface area contributed by atoms with Crippen molar-refractivity contribution < 1.29 is 0 Å². The number of para-hydroxylation sites is 4. The highest BCUT2D eigenvalue weighted by Crippen LogP contribution is 2.58.